The van der Waals surface area contributed by atoms with Crippen LogP contribution in [0.15, 0.2) is 101 Å². The maximum atomic E-state index is 13.3. The summed E-state index contributed by atoms with van der Waals surface area (Å²) < 4.78 is 27.8. The normalized spacial score (nSPS) is 11.8. The first-order chi connectivity index (χ1) is 17.3. The number of benzene rings is 4. The topological polar surface area (TPSA) is 99.1 Å². The van der Waals surface area contributed by atoms with Crippen molar-refractivity contribution in [2.75, 3.05) is 13.1 Å². The molecule has 0 aliphatic heterocycles. The van der Waals surface area contributed by atoms with Crippen LogP contribution in [0.1, 0.15) is 11.1 Å². The summed E-state index contributed by atoms with van der Waals surface area (Å²) in [7, 11) is -3.97. The van der Waals surface area contributed by atoms with E-state index in [9.17, 15) is 18.3 Å². The van der Waals surface area contributed by atoms with Crippen molar-refractivity contribution >= 4 is 44.5 Å². The summed E-state index contributed by atoms with van der Waals surface area (Å²) in [6, 6.07) is 26.0. The zero-order valence-corrected chi connectivity index (χ0v) is 20.8. The van der Waals surface area contributed by atoms with Crippen LogP contribution in [0.4, 0.5) is 0 Å². The molecule has 4 rings (SSSR count). The highest BCUT2D eigenvalue weighted by molar-refractivity contribution is 7.89. The fourth-order valence-corrected chi connectivity index (χ4v) is 5.25. The lowest BCUT2D eigenvalue weighted by Crippen LogP contribution is -2.40. The molecule has 4 aromatic rings. The SMILES string of the molecule is O=C(CN(CCc1ccccc1)S(=O)(=O)c1ccc(Cl)cc1)N/N=C/c1c(O)ccc2ccccc12. The predicted octanol–water partition coefficient (Wildman–Crippen LogP) is 4.58. The monoisotopic (exact) mass is 521 g/mol. The molecule has 4 aromatic carbocycles. The standard InChI is InChI=1S/C27H24ClN3O4S/c28-22-11-13-23(14-12-22)36(34,35)31(17-16-20-6-2-1-3-7-20)19-27(33)30-29-18-25-24-9-5-4-8-21(24)10-15-26(25)32/h1-15,18,32H,16-17,19H2,(H,30,33)/b29-18+. The number of phenolic OH excluding ortho intramolecular Hbond substituents is 1. The molecule has 36 heavy (non-hydrogen) atoms. The van der Waals surface area contributed by atoms with Crippen LogP contribution in [-0.2, 0) is 21.2 Å². The van der Waals surface area contributed by atoms with Gasteiger partial charge in [0.2, 0.25) is 10.0 Å². The highest BCUT2D eigenvalue weighted by Crippen LogP contribution is 2.25. The first-order valence-corrected chi connectivity index (χ1v) is 13.0. The third-order valence-electron chi connectivity index (χ3n) is 5.59. The molecule has 7 nitrogen and oxygen atoms in total. The highest BCUT2D eigenvalue weighted by atomic mass is 35.5. The van der Waals surface area contributed by atoms with Gasteiger partial charge in [0.1, 0.15) is 5.75 Å². The van der Waals surface area contributed by atoms with Gasteiger partial charge in [0.05, 0.1) is 17.7 Å². The molecule has 9 heteroatoms. The van der Waals surface area contributed by atoms with Gasteiger partial charge >= 0.3 is 0 Å². The number of nitrogens with one attached hydrogen (secondary N) is 1. The second-order valence-electron chi connectivity index (χ2n) is 8.04. The predicted molar refractivity (Wildman–Crippen MR) is 142 cm³/mol. The van der Waals surface area contributed by atoms with Crippen LogP contribution in [-0.4, -0.2) is 43.0 Å². The second kappa shape index (κ2) is 11.3. The number of fused-ring (bicyclic) bond motifs is 1. The fraction of sp³-hybridized carbons (Fsp3) is 0.111. The Morgan fingerprint density at radius 1 is 0.944 bits per heavy atom. The van der Waals surface area contributed by atoms with E-state index in [2.05, 4.69) is 10.5 Å². The molecule has 0 radical (unpaired) electrons. The molecule has 1 amide bonds. The first-order valence-electron chi connectivity index (χ1n) is 11.2. The molecular weight excluding hydrogens is 498 g/mol. The molecule has 2 N–H and O–H groups in total. The van der Waals surface area contributed by atoms with Gasteiger partial charge in [0.25, 0.3) is 5.91 Å². The van der Waals surface area contributed by atoms with Crippen molar-refractivity contribution in [3.8, 4) is 5.75 Å². The number of carbonyl (C=O) groups is 1. The largest absolute Gasteiger partial charge is 0.507 e. The van der Waals surface area contributed by atoms with Gasteiger partial charge in [-0.3, -0.25) is 4.79 Å². The molecule has 0 aromatic heterocycles. The molecule has 0 spiro atoms. The molecule has 0 atom stereocenters. The highest BCUT2D eigenvalue weighted by Gasteiger charge is 2.26. The van der Waals surface area contributed by atoms with Gasteiger partial charge in [0.15, 0.2) is 0 Å². The average molecular weight is 522 g/mol. The van der Waals surface area contributed by atoms with Gasteiger partial charge in [-0.05, 0) is 53.1 Å². The Kier molecular flexibility index (Phi) is 8.00. The van der Waals surface area contributed by atoms with E-state index < -0.39 is 22.5 Å². The smallest absolute Gasteiger partial charge is 0.255 e. The number of hydrogen-bond acceptors (Lipinski definition) is 5. The van der Waals surface area contributed by atoms with Crippen LogP contribution in [0.5, 0.6) is 5.75 Å². The zero-order chi connectivity index (χ0) is 25.5. The van der Waals surface area contributed by atoms with E-state index >= 15 is 0 Å². The van der Waals surface area contributed by atoms with Crippen molar-refractivity contribution in [3.63, 3.8) is 0 Å². The average Bonchev–Trinajstić information content (AvgIpc) is 2.88. The second-order valence-corrected chi connectivity index (χ2v) is 10.4. The summed E-state index contributed by atoms with van der Waals surface area (Å²) in [5, 5.41) is 16.3. The summed E-state index contributed by atoms with van der Waals surface area (Å²) in [5.74, 6) is -0.599. The minimum absolute atomic E-state index is 0.0153. The molecular formula is C27H24ClN3O4S. The molecule has 0 fully saturated rings. The van der Waals surface area contributed by atoms with Crippen LogP contribution in [0.3, 0.4) is 0 Å². The molecule has 0 unspecified atom stereocenters. The zero-order valence-electron chi connectivity index (χ0n) is 19.2. The lowest BCUT2D eigenvalue weighted by Gasteiger charge is -2.21. The Balaban J connectivity index is 1.52. The number of halogens is 1. The molecule has 0 aliphatic rings. The summed E-state index contributed by atoms with van der Waals surface area (Å²) in [6.07, 6.45) is 1.77. The van der Waals surface area contributed by atoms with Crippen LogP contribution < -0.4 is 5.43 Å². The molecule has 0 aliphatic carbocycles. The Hall–Kier alpha value is -3.72. The van der Waals surface area contributed by atoms with Crippen LogP contribution in [0, 0.1) is 0 Å². The van der Waals surface area contributed by atoms with Crippen molar-refractivity contribution in [1.82, 2.24) is 9.73 Å². The third-order valence-corrected chi connectivity index (χ3v) is 7.71. The Morgan fingerprint density at radius 2 is 1.64 bits per heavy atom. The number of phenols is 1. The van der Waals surface area contributed by atoms with Gasteiger partial charge in [-0.2, -0.15) is 9.41 Å². The summed E-state index contributed by atoms with van der Waals surface area (Å²) in [5.41, 5.74) is 3.77. The minimum atomic E-state index is -3.97. The van der Waals surface area contributed by atoms with Crippen molar-refractivity contribution in [3.05, 3.63) is 107 Å². The van der Waals surface area contributed by atoms with Crippen molar-refractivity contribution in [1.29, 1.82) is 0 Å². The van der Waals surface area contributed by atoms with Gasteiger partial charge in [-0.15, -0.1) is 0 Å². The number of nitrogens with zero attached hydrogens (tertiary/aromatic N) is 2. The Bertz CT molecular complexity index is 1490. The number of hydrazone groups is 1. The number of rotatable bonds is 9. The molecule has 0 heterocycles. The van der Waals surface area contributed by atoms with Crippen molar-refractivity contribution in [2.45, 2.75) is 11.3 Å². The maximum Gasteiger partial charge on any atom is 0.255 e. The fourth-order valence-electron chi connectivity index (χ4n) is 3.72. The van der Waals surface area contributed by atoms with Crippen LogP contribution >= 0.6 is 11.6 Å². The quantitative estimate of drug-likeness (QED) is 0.249. The van der Waals surface area contributed by atoms with E-state index in [0.29, 0.717) is 17.0 Å². The van der Waals surface area contributed by atoms with Gasteiger partial charge < -0.3 is 5.11 Å². The van der Waals surface area contributed by atoms with E-state index in [1.165, 1.54) is 30.5 Å². The number of carbonyl (C=O) groups excluding carboxylic acids is 1. The van der Waals surface area contributed by atoms with Gasteiger partial charge in [-0.25, -0.2) is 13.8 Å². The van der Waals surface area contributed by atoms with E-state index in [1.807, 2.05) is 54.6 Å². The summed E-state index contributed by atoms with van der Waals surface area (Å²) >= 11 is 5.92. The van der Waals surface area contributed by atoms with E-state index in [4.69, 9.17) is 11.6 Å². The molecule has 0 bridgehead atoms. The van der Waals surface area contributed by atoms with Crippen LogP contribution in [0.25, 0.3) is 10.8 Å². The number of amides is 1. The number of hydrogen-bond donors (Lipinski definition) is 2. The molecule has 0 saturated heterocycles. The van der Waals surface area contributed by atoms with Crippen molar-refractivity contribution < 1.29 is 18.3 Å². The minimum Gasteiger partial charge on any atom is -0.507 e. The van der Waals surface area contributed by atoms with E-state index in [-0.39, 0.29) is 17.2 Å². The van der Waals surface area contributed by atoms with Gasteiger partial charge in [0, 0.05) is 17.1 Å². The molecule has 184 valence electrons. The van der Waals surface area contributed by atoms with E-state index in [1.54, 1.807) is 12.1 Å². The Morgan fingerprint density at radius 3 is 2.39 bits per heavy atom. The maximum absolute atomic E-state index is 13.3. The third kappa shape index (κ3) is 6.09. The summed E-state index contributed by atoms with van der Waals surface area (Å²) in [6.45, 7) is -0.340. The number of sulfonamides is 1. The molecule has 0 saturated carbocycles. The van der Waals surface area contributed by atoms with Crippen molar-refractivity contribution in [2.24, 2.45) is 5.10 Å². The lowest BCUT2D eigenvalue weighted by atomic mass is 10.0. The number of aromatic hydroxyl groups is 1. The summed E-state index contributed by atoms with van der Waals surface area (Å²) in [4.78, 5) is 12.8. The Labute approximate surface area is 214 Å². The lowest BCUT2D eigenvalue weighted by molar-refractivity contribution is -0.121. The van der Waals surface area contributed by atoms with Gasteiger partial charge in [-0.1, -0.05) is 72.3 Å². The van der Waals surface area contributed by atoms with E-state index in [0.717, 1.165) is 20.6 Å². The van der Waals surface area contributed by atoms with Crippen LogP contribution in [0.2, 0.25) is 5.02 Å². The first kappa shape index (κ1) is 25.4.